The number of halogens is 1. The fraction of sp³-hybridized carbons (Fsp3) is 0.556. The average Bonchev–Trinajstić information content (AvgIpc) is 2.95. The average molecular weight is 360 g/mol. The van der Waals surface area contributed by atoms with Gasteiger partial charge in [-0.2, -0.15) is 0 Å². The van der Waals surface area contributed by atoms with Crippen molar-refractivity contribution in [1.29, 1.82) is 0 Å². The van der Waals surface area contributed by atoms with E-state index in [1.54, 1.807) is 12.1 Å². The van der Waals surface area contributed by atoms with Crippen LogP contribution in [0.3, 0.4) is 0 Å². The largest absolute Gasteiger partial charge is 0.337 e. The molecule has 140 valence electrons. The normalized spacial score (nSPS) is 15.8. The number of tetrazole rings is 1. The van der Waals surface area contributed by atoms with Gasteiger partial charge in [0.05, 0.1) is 6.54 Å². The van der Waals surface area contributed by atoms with Crippen LogP contribution in [0.15, 0.2) is 24.3 Å². The molecular formula is C18H25FN6O. The molecular weight excluding hydrogens is 335 g/mol. The first-order valence-electron chi connectivity index (χ1n) is 9.19. The maximum Gasteiger partial charge on any atom is 0.253 e. The first kappa shape index (κ1) is 18.4. The zero-order valence-electron chi connectivity index (χ0n) is 15.1. The third kappa shape index (κ3) is 4.63. The van der Waals surface area contributed by atoms with Gasteiger partial charge in [-0.1, -0.05) is 13.3 Å². The van der Waals surface area contributed by atoms with Crippen LogP contribution in [0.2, 0.25) is 0 Å². The molecule has 0 N–H and O–H groups in total. The Bertz CT molecular complexity index is 717. The van der Waals surface area contributed by atoms with Crippen molar-refractivity contribution in [3.63, 3.8) is 0 Å². The van der Waals surface area contributed by atoms with Gasteiger partial charge in [-0.05, 0) is 47.5 Å². The highest BCUT2D eigenvalue weighted by Crippen LogP contribution is 2.12. The van der Waals surface area contributed by atoms with Crippen molar-refractivity contribution in [3.05, 3.63) is 41.5 Å². The van der Waals surface area contributed by atoms with Crippen molar-refractivity contribution in [2.45, 2.75) is 39.3 Å². The first-order valence-corrected chi connectivity index (χ1v) is 9.19. The molecule has 1 amide bonds. The second-order valence-electron chi connectivity index (χ2n) is 6.60. The standard InChI is InChI=1S/C18H25FN6O/c1-2-3-11-25-17(20-21-22-25)14-23-9-4-10-24(13-12-23)18(26)15-5-7-16(19)8-6-15/h5-8H,2-4,9-14H2,1H3. The Morgan fingerprint density at radius 1 is 1.15 bits per heavy atom. The molecule has 8 heteroatoms. The number of aromatic nitrogens is 4. The molecule has 1 saturated heterocycles. The minimum absolute atomic E-state index is 0.0420. The summed E-state index contributed by atoms with van der Waals surface area (Å²) in [5.74, 6) is 0.501. The zero-order valence-corrected chi connectivity index (χ0v) is 15.1. The molecule has 1 aliphatic heterocycles. The van der Waals surface area contributed by atoms with Crippen molar-refractivity contribution < 1.29 is 9.18 Å². The molecule has 1 aliphatic rings. The molecule has 2 aromatic rings. The molecule has 3 rings (SSSR count). The summed E-state index contributed by atoms with van der Waals surface area (Å²) in [6.45, 7) is 6.68. The van der Waals surface area contributed by atoms with Crippen LogP contribution in [0.25, 0.3) is 0 Å². The smallest absolute Gasteiger partial charge is 0.253 e. The molecule has 0 bridgehead atoms. The Balaban J connectivity index is 1.57. The van der Waals surface area contributed by atoms with Crippen LogP contribution in [-0.2, 0) is 13.1 Å². The van der Waals surface area contributed by atoms with Gasteiger partial charge >= 0.3 is 0 Å². The summed E-state index contributed by atoms with van der Waals surface area (Å²) >= 11 is 0. The Morgan fingerprint density at radius 2 is 1.96 bits per heavy atom. The third-order valence-electron chi connectivity index (χ3n) is 4.66. The van der Waals surface area contributed by atoms with Gasteiger partial charge in [0.1, 0.15) is 5.82 Å². The van der Waals surface area contributed by atoms with Crippen molar-refractivity contribution in [1.82, 2.24) is 30.0 Å². The van der Waals surface area contributed by atoms with E-state index in [1.165, 1.54) is 12.1 Å². The van der Waals surface area contributed by atoms with E-state index in [0.29, 0.717) is 25.2 Å². The molecule has 1 aromatic carbocycles. The number of benzene rings is 1. The first-order chi connectivity index (χ1) is 12.7. The fourth-order valence-corrected chi connectivity index (χ4v) is 3.13. The van der Waals surface area contributed by atoms with Crippen LogP contribution >= 0.6 is 0 Å². The molecule has 0 radical (unpaired) electrons. The van der Waals surface area contributed by atoms with E-state index < -0.39 is 0 Å². The van der Waals surface area contributed by atoms with Gasteiger partial charge in [-0.25, -0.2) is 9.07 Å². The molecule has 2 heterocycles. The number of carbonyl (C=O) groups excluding carboxylic acids is 1. The number of carbonyl (C=O) groups is 1. The van der Waals surface area contributed by atoms with E-state index in [0.717, 1.165) is 44.7 Å². The number of hydrogen-bond donors (Lipinski definition) is 0. The lowest BCUT2D eigenvalue weighted by Gasteiger charge is -2.21. The number of nitrogens with zero attached hydrogens (tertiary/aromatic N) is 6. The lowest BCUT2D eigenvalue weighted by Crippen LogP contribution is -2.35. The van der Waals surface area contributed by atoms with Gasteiger partial charge in [0.2, 0.25) is 0 Å². The minimum Gasteiger partial charge on any atom is -0.337 e. The van der Waals surface area contributed by atoms with Gasteiger partial charge in [0.25, 0.3) is 5.91 Å². The maximum absolute atomic E-state index is 13.0. The second kappa shape index (κ2) is 8.84. The predicted molar refractivity (Wildman–Crippen MR) is 94.9 cm³/mol. The molecule has 0 saturated carbocycles. The van der Waals surface area contributed by atoms with Gasteiger partial charge in [-0.15, -0.1) is 5.10 Å². The summed E-state index contributed by atoms with van der Waals surface area (Å²) in [7, 11) is 0. The van der Waals surface area contributed by atoms with Gasteiger partial charge in [0.15, 0.2) is 5.82 Å². The predicted octanol–water partition coefficient (Wildman–Crippen LogP) is 1.96. The molecule has 26 heavy (non-hydrogen) atoms. The van der Waals surface area contributed by atoms with Crippen molar-refractivity contribution in [2.75, 3.05) is 26.2 Å². The monoisotopic (exact) mass is 360 g/mol. The number of rotatable bonds is 6. The Labute approximate surface area is 152 Å². The van der Waals surface area contributed by atoms with E-state index in [2.05, 4.69) is 27.3 Å². The fourth-order valence-electron chi connectivity index (χ4n) is 3.13. The zero-order chi connectivity index (χ0) is 18.4. The van der Waals surface area contributed by atoms with Crippen molar-refractivity contribution >= 4 is 5.91 Å². The summed E-state index contributed by atoms with van der Waals surface area (Å²) in [5, 5.41) is 12.0. The lowest BCUT2D eigenvalue weighted by atomic mass is 10.2. The molecule has 0 atom stereocenters. The van der Waals surface area contributed by atoms with Crippen LogP contribution in [0, 0.1) is 5.82 Å². The molecule has 7 nitrogen and oxygen atoms in total. The number of unbranched alkanes of at least 4 members (excludes halogenated alkanes) is 1. The number of aryl methyl sites for hydroxylation is 1. The SMILES string of the molecule is CCCCn1nnnc1CN1CCCN(C(=O)c2ccc(F)cc2)CC1. The molecule has 0 aliphatic carbocycles. The minimum atomic E-state index is -0.329. The van der Waals surface area contributed by atoms with Crippen LogP contribution in [-0.4, -0.2) is 62.1 Å². The summed E-state index contributed by atoms with van der Waals surface area (Å²) in [6.07, 6.45) is 3.05. The molecule has 1 aromatic heterocycles. The van der Waals surface area contributed by atoms with Gasteiger partial charge in [-0.3, -0.25) is 9.69 Å². The topological polar surface area (TPSA) is 67.2 Å². The third-order valence-corrected chi connectivity index (χ3v) is 4.66. The highest BCUT2D eigenvalue weighted by atomic mass is 19.1. The Morgan fingerprint density at radius 3 is 2.73 bits per heavy atom. The van der Waals surface area contributed by atoms with Gasteiger partial charge in [0, 0.05) is 38.3 Å². The van der Waals surface area contributed by atoms with E-state index in [4.69, 9.17) is 0 Å². The summed E-state index contributed by atoms with van der Waals surface area (Å²) < 4.78 is 14.9. The van der Waals surface area contributed by atoms with E-state index in [1.807, 2.05) is 9.58 Å². The van der Waals surface area contributed by atoms with E-state index in [-0.39, 0.29) is 11.7 Å². The highest BCUT2D eigenvalue weighted by Gasteiger charge is 2.21. The molecule has 1 fully saturated rings. The maximum atomic E-state index is 13.0. The summed E-state index contributed by atoms with van der Waals surface area (Å²) in [6, 6.07) is 5.74. The lowest BCUT2D eigenvalue weighted by molar-refractivity contribution is 0.0761. The summed E-state index contributed by atoms with van der Waals surface area (Å²) in [4.78, 5) is 16.7. The molecule has 0 spiro atoms. The molecule has 0 unspecified atom stereocenters. The number of amides is 1. The summed E-state index contributed by atoms with van der Waals surface area (Å²) in [5.41, 5.74) is 0.531. The van der Waals surface area contributed by atoms with Crippen LogP contribution in [0.5, 0.6) is 0 Å². The number of hydrogen-bond acceptors (Lipinski definition) is 5. The van der Waals surface area contributed by atoms with Crippen molar-refractivity contribution in [2.24, 2.45) is 0 Å². The van der Waals surface area contributed by atoms with E-state index >= 15 is 0 Å². The quantitative estimate of drug-likeness (QED) is 0.788. The van der Waals surface area contributed by atoms with Crippen LogP contribution in [0.4, 0.5) is 4.39 Å². The van der Waals surface area contributed by atoms with E-state index in [9.17, 15) is 9.18 Å². The Hall–Kier alpha value is -2.35. The van der Waals surface area contributed by atoms with Crippen LogP contribution in [0.1, 0.15) is 42.4 Å². The van der Waals surface area contributed by atoms with Crippen molar-refractivity contribution in [3.8, 4) is 0 Å². The highest BCUT2D eigenvalue weighted by molar-refractivity contribution is 5.94. The Kier molecular flexibility index (Phi) is 6.27. The second-order valence-corrected chi connectivity index (χ2v) is 6.60. The van der Waals surface area contributed by atoms with Crippen LogP contribution < -0.4 is 0 Å². The van der Waals surface area contributed by atoms with Gasteiger partial charge < -0.3 is 4.90 Å².